The van der Waals surface area contributed by atoms with Crippen LogP contribution in [0.2, 0.25) is 0 Å². The minimum Gasteiger partial charge on any atom is -0.338 e. The van der Waals surface area contributed by atoms with Crippen LogP contribution in [0.15, 0.2) is 29.4 Å². The van der Waals surface area contributed by atoms with Gasteiger partial charge in [0.05, 0.1) is 0 Å². The Bertz CT molecular complexity index is 627. The van der Waals surface area contributed by atoms with Gasteiger partial charge in [-0.25, -0.2) is 18.2 Å². The van der Waals surface area contributed by atoms with E-state index >= 15 is 0 Å². The number of amides is 2. The lowest BCUT2D eigenvalue weighted by molar-refractivity contribution is 0.134. The third-order valence-electron chi connectivity index (χ3n) is 4.22. The predicted octanol–water partition coefficient (Wildman–Crippen LogP) is 0.650. The number of hydrogen-bond acceptors (Lipinski definition) is 4. The summed E-state index contributed by atoms with van der Waals surface area (Å²) < 4.78 is 26.5. The maximum Gasteiger partial charge on any atom is 0.317 e. The fourth-order valence-corrected chi connectivity index (χ4v) is 4.42. The van der Waals surface area contributed by atoms with Crippen LogP contribution in [0.4, 0.5) is 4.79 Å². The molecule has 0 radical (unpaired) electrons. The number of pyridine rings is 1. The van der Waals surface area contributed by atoms with Crippen LogP contribution in [0.1, 0.15) is 19.3 Å². The fourth-order valence-electron chi connectivity index (χ4n) is 3.02. The van der Waals surface area contributed by atoms with Gasteiger partial charge in [0.1, 0.15) is 0 Å². The average molecular weight is 324 g/mol. The molecule has 3 rings (SSSR count). The summed E-state index contributed by atoms with van der Waals surface area (Å²) in [6.45, 7) is 2.33. The number of urea groups is 1. The highest BCUT2D eigenvalue weighted by atomic mass is 32.2. The number of aromatic nitrogens is 1. The van der Waals surface area contributed by atoms with Crippen LogP contribution in [0.25, 0.3) is 0 Å². The van der Waals surface area contributed by atoms with Crippen molar-refractivity contribution in [2.24, 2.45) is 0 Å². The second-order valence-corrected chi connectivity index (χ2v) is 7.47. The van der Waals surface area contributed by atoms with Crippen molar-refractivity contribution in [3.8, 4) is 0 Å². The molecular weight excluding hydrogens is 304 g/mol. The van der Waals surface area contributed by atoms with Gasteiger partial charge < -0.3 is 10.2 Å². The molecule has 7 nitrogen and oxygen atoms in total. The molecular formula is C14H20N4O3S. The molecule has 1 aromatic rings. The molecule has 0 aliphatic carbocycles. The van der Waals surface area contributed by atoms with E-state index in [9.17, 15) is 13.2 Å². The zero-order chi connectivity index (χ0) is 15.6. The van der Waals surface area contributed by atoms with Gasteiger partial charge in [0.2, 0.25) is 0 Å². The average Bonchev–Trinajstić information content (AvgIpc) is 2.56. The quantitative estimate of drug-likeness (QED) is 0.885. The highest BCUT2D eigenvalue weighted by Gasteiger charge is 2.34. The number of nitrogens with one attached hydrogen (secondary N) is 1. The van der Waals surface area contributed by atoms with Crippen LogP contribution in [-0.2, 0) is 10.0 Å². The number of piperidine rings is 1. The molecule has 1 N–H and O–H groups in total. The van der Waals surface area contributed by atoms with Crippen molar-refractivity contribution < 1.29 is 13.2 Å². The smallest absolute Gasteiger partial charge is 0.317 e. The van der Waals surface area contributed by atoms with Gasteiger partial charge >= 0.3 is 6.03 Å². The summed E-state index contributed by atoms with van der Waals surface area (Å²) in [4.78, 5) is 17.7. The summed E-state index contributed by atoms with van der Waals surface area (Å²) in [5.41, 5.74) is 0. The van der Waals surface area contributed by atoms with E-state index in [1.54, 1.807) is 12.1 Å². The number of sulfonamides is 1. The normalized spacial score (nSPS) is 21.6. The zero-order valence-corrected chi connectivity index (χ0v) is 13.1. The van der Waals surface area contributed by atoms with Crippen molar-refractivity contribution in [2.45, 2.75) is 30.3 Å². The fraction of sp³-hybridized carbons (Fsp3) is 0.571. The Morgan fingerprint density at radius 2 is 1.95 bits per heavy atom. The molecule has 0 atom stereocenters. The van der Waals surface area contributed by atoms with Gasteiger partial charge in [-0.3, -0.25) is 0 Å². The van der Waals surface area contributed by atoms with E-state index in [2.05, 4.69) is 10.3 Å². The molecule has 2 aliphatic rings. The van der Waals surface area contributed by atoms with E-state index in [4.69, 9.17) is 0 Å². The molecule has 0 bridgehead atoms. The molecule has 3 heterocycles. The number of nitrogens with zero attached hydrogens (tertiary/aromatic N) is 3. The van der Waals surface area contributed by atoms with Gasteiger partial charge in [-0.2, -0.15) is 4.31 Å². The first kappa shape index (κ1) is 15.2. The van der Waals surface area contributed by atoms with E-state index in [1.807, 2.05) is 4.90 Å². The highest BCUT2D eigenvalue weighted by Crippen LogP contribution is 2.23. The molecule has 0 spiro atoms. The lowest BCUT2D eigenvalue weighted by atomic mass is 10.0. The first-order valence-electron chi connectivity index (χ1n) is 7.55. The largest absolute Gasteiger partial charge is 0.338 e. The molecule has 2 fully saturated rings. The minimum absolute atomic E-state index is 0.0303. The summed E-state index contributed by atoms with van der Waals surface area (Å²) >= 11 is 0. The lowest BCUT2D eigenvalue weighted by Gasteiger charge is -2.39. The van der Waals surface area contributed by atoms with Gasteiger partial charge in [0, 0.05) is 38.4 Å². The Kier molecular flexibility index (Phi) is 4.30. The number of hydrogen-bond donors (Lipinski definition) is 1. The summed E-state index contributed by atoms with van der Waals surface area (Å²) in [7, 11) is -3.53. The first-order chi connectivity index (χ1) is 10.6. The van der Waals surface area contributed by atoms with Crippen LogP contribution >= 0.6 is 0 Å². The zero-order valence-electron chi connectivity index (χ0n) is 12.3. The number of rotatable bonds is 3. The Balaban J connectivity index is 1.65. The van der Waals surface area contributed by atoms with Crippen LogP contribution < -0.4 is 5.32 Å². The van der Waals surface area contributed by atoms with Crippen molar-refractivity contribution in [3.63, 3.8) is 0 Å². The first-order valence-corrected chi connectivity index (χ1v) is 8.99. The third-order valence-corrected chi connectivity index (χ3v) is 6.03. The molecule has 0 unspecified atom stereocenters. The van der Waals surface area contributed by atoms with Gasteiger partial charge in [-0.15, -0.1) is 0 Å². The standard InChI is InChI=1S/C14H20N4O3S/c19-14-16-8-3-9-18(14)12-5-10-17(11-6-12)22(20,21)13-4-1-2-7-15-13/h1-2,4,7,12H,3,5-6,8-11H2,(H,16,19). The van der Waals surface area contributed by atoms with E-state index in [0.29, 0.717) is 25.9 Å². The molecule has 120 valence electrons. The Morgan fingerprint density at radius 1 is 1.18 bits per heavy atom. The highest BCUT2D eigenvalue weighted by molar-refractivity contribution is 7.89. The van der Waals surface area contributed by atoms with Crippen molar-refractivity contribution >= 4 is 16.1 Å². The summed E-state index contributed by atoms with van der Waals surface area (Å²) in [5.74, 6) is 0. The van der Waals surface area contributed by atoms with Gasteiger partial charge in [0.15, 0.2) is 5.03 Å². The van der Waals surface area contributed by atoms with Gasteiger partial charge in [0.25, 0.3) is 10.0 Å². The topological polar surface area (TPSA) is 82.6 Å². The van der Waals surface area contributed by atoms with Gasteiger partial charge in [-0.05, 0) is 31.4 Å². The van der Waals surface area contributed by atoms with E-state index in [0.717, 1.165) is 19.5 Å². The van der Waals surface area contributed by atoms with Crippen LogP contribution in [0.5, 0.6) is 0 Å². The summed E-state index contributed by atoms with van der Waals surface area (Å²) in [5, 5.41) is 2.93. The monoisotopic (exact) mass is 324 g/mol. The third kappa shape index (κ3) is 2.93. The predicted molar refractivity (Wildman–Crippen MR) is 80.7 cm³/mol. The second kappa shape index (κ2) is 6.21. The minimum atomic E-state index is -3.53. The van der Waals surface area contributed by atoms with Crippen molar-refractivity contribution in [2.75, 3.05) is 26.2 Å². The number of carbonyl (C=O) groups excluding carboxylic acids is 1. The number of carbonyl (C=O) groups is 1. The molecule has 1 aromatic heterocycles. The van der Waals surface area contributed by atoms with E-state index in [-0.39, 0.29) is 17.1 Å². The van der Waals surface area contributed by atoms with Crippen LogP contribution in [0, 0.1) is 0 Å². The van der Waals surface area contributed by atoms with Crippen molar-refractivity contribution in [3.05, 3.63) is 24.4 Å². The molecule has 22 heavy (non-hydrogen) atoms. The molecule has 2 aliphatic heterocycles. The molecule has 0 aromatic carbocycles. The van der Waals surface area contributed by atoms with Crippen molar-refractivity contribution in [1.82, 2.24) is 19.5 Å². The lowest BCUT2D eigenvalue weighted by Crippen LogP contribution is -2.54. The van der Waals surface area contributed by atoms with Crippen molar-refractivity contribution in [1.29, 1.82) is 0 Å². The van der Waals surface area contributed by atoms with Crippen LogP contribution in [0.3, 0.4) is 0 Å². The van der Waals surface area contributed by atoms with Gasteiger partial charge in [-0.1, -0.05) is 6.07 Å². The maximum absolute atomic E-state index is 12.5. The maximum atomic E-state index is 12.5. The molecule has 8 heteroatoms. The summed E-state index contributed by atoms with van der Waals surface area (Å²) in [6.07, 6.45) is 3.76. The van der Waals surface area contributed by atoms with E-state index in [1.165, 1.54) is 16.6 Å². The molecule has 2 saturated heterocycles. The molecule has 2 amide bonds. The SMILES string of the molecule is O=C1NCCCN1C1CCN(S(=O)(=O)c2ccccn2)CC1. The summed E-state index contributed by atoms with van der Waals surface area (Å²) in [6, 6.07) is 4.97. The Labute approximate surface area is 130 Å². The molecule has 0 saturated carbocycles. The second-order valence-electron chi connectivity index (χ2n) is 5.58. The van der Waals surface area contributed by atoms with E-state index < -0.39 is 10.0 Å². The Hall–Kier alpha value is -1.67. The van der Waals surface area contributed by atoms with Crippen LogP contribution in [-0.4, -0.2) is 60.9 Å². The Morgan fingerprint density at radius 3 is 2.59 bits per heavy atom.